The third kappa shape index (κ3) is 2.06. The van der Waals surface area contributed by atoms with Gasteiger partial charge in [0.25, 0.3) is 0 Å². The number of carbonyl (C=O) groups is 1. The Morgan fingerprint density at radius 2 is 1.94 bits per heavy atom. The largest absolute Gasteiger partial charge is 0.476 e. The number of carboxylic acids is 1. The first kappa shape index (κ1) is 11.4. The van der Waals surface area contributed by atoms with Crippen LogP contribution < -0.4 is 0 Å². The zero-order valence-electron chi connectivity index (χ0n) is 9.30. The lowest BCUT2D eigenvalue weighted by molar-refractivity contribution is 0.0678. The molecule has 1 atom stereocenters. The molecule has 0 aliphatic carbocycles. The minimum absolute atomic E-state index is 0.216. The first-order chi connectivity index (χ1) is 8.11. The summed E-state index contributed by atoms with van der Waals surface area (Å²) in [5, 5.41) is 8.97. The average Bonchev–Trinajstić information content (AvgIpc) is 2.71. The van der Waals surface area contributed by atoms with Crippen LogP contribution in [0.25, 0.3) is 0 Å². The molecule has 0 fully saturated rings. The molecule has 0 bridgehead atoms. The Morgan fingerprint density at radius 1 is 1.29 bits per heavy atom. The zero-order valence-corrected chi connectivity index (χ0v) is 9.30. The lowest BCUT2D eigenvalue weighted by Gasteiger charge is -2.16. The Balaban J connectivity index is 2.45. The van der Waals surface area contributed by atoms with Gasteiger partial charge in [-0.15, -0.1) is 0 Å². The van der Waals surface area contributed by atoms with Crippen LogP contribution in [0.5, 0.6) is 0 Å². The van der Waals surface area contributed by atoms with Crippen LogP contribution in [0.3, 0.4) is 0 Å². The van der Waals surface area contributed by atoms with Crippen molar-refractivity contribution in [2.24, 2.45) is 0 Å². The number of hydrogen-bond donors (Lipinski definition) is 1. The van der Waals surface area contributed by atoms with Crippen molar-refractivity contribution in [1.29, 1.82) is 0 Å². The van der Waals surface area contributed by atoms with Gasteiger partial charge in [-0.05, 0) is 18.6 Å². The molecule has 2 aromatic rings. The second kappa shape index (κ2) is 4.41. The molecule has 1 aromatic carbocycles. The van der Waals surface area contributed by atoms with E-state index < -0.39 is 11.8 Å². The second-order valence-electron chi connectivity index (χ2n) is 3.81. The Labute approximate surface area is 98.1 Å². The molecule has 4 heteroatoms. The van der Waals surface area contributed by atoms with Gasteiger partial charge in [-0.1, -0.05) is 30.3 Å². The van der Waals surface area contributed by atoms with Gasteiger partial charge >= 0.3 is 5.97 Å². The fraction of sp³-hybridized carbons (Fsp3) is 0.154. The van der Waals surface area contributed by atoms with E-state index in [1.807, 2.05) is 37.3 Å². The van der Waals surface area contributed by atoms with Gasteiger partial charge in [0.15, 0.2) is 11.5 Å². The third-order valence-corrected chi connectivity index (χ3v) is 2.77. The van der Waals surface area contributed by atoms with Crippen LogP contribution in [0, 0.1) is 5.82 Å². The second-order valence-corrected chi connectivity index (χ2v) is 3.81. The summed E-state index contributed by atoms with van der Waals surface area (Å²) in [6.07, 6.45) is 1.45. The summed E-state index contributed by atoms with van der Waals surface area (Å²) >= 11 is 0. The molecule has 0 saturated carbocycles. The summed E-state index contributed by atoms with van der Waals surface area (Å²) < 4.78 is 14.8. The van der Waals surface area contributed by atoms with Gasteiger partial charge in [0, 0.05) is 6.20 Å². The van der Waals surface area contributed by atoms with Gasteiger partial charge in [0.2, 0.25) is 0 Å². The van der Waals surface area contributed by atoms with E-state index in [9.17, 15) is 9.18 Å². The fourth-order valence-electron chi connectivity index (χ4n) is 1.85. The minimum atomic E-state index is -1.25. The smallest absolute Gasteiger partial charge is 0.355 e. The van der Waals surface area contributed by atoms with Crippen molar-refractivity contribution in [2.45, 2.75) is 13.0 Å². The van der Waals surface area contributed by atoms with Crippen LogP contribution in [-0.2, 0) is 0 Å². The summed E-state index contributed by atoms with van der Waals surface area (Å²) in [5.74, 6) is -1.96. The molecule has 0 aliphatic heterocycles. The number of aromatic carboxylic acids is 1. The maximum Gasteiger partial charge on any atom is 0.355 e. The quantitative estimate of drug-likeness (QED) is 0.885. The molecule has 0 unspecified atom stereocenters. The molecule has 0 amide bonds. The SMILES string of the molecule is C[C@H](c1ccccc1)n1ccc(F)c1C(=O)O. The van der Waals surface area contributed by atoms with E-state index >= 15 is 0 Å². The molecule has 3 nitrogen and oxygen atoms in total. The normalized spacial score (nSPS) is 12.4. The van der Waals surface area contributed by atoms with E-state index in [1.165, 1.54) is 16.8 Å². The maximum absolute atomic E-state index is 13.3. The number of rotatable bonds is 3. The molecular weight excluding hydrogens is 221 g/mol. The minimum Gasteiger partial charge on any atom is -0.476 e. The van der Waals surface area contributed by atoms with Crippen molar-refractivity contribution < 1.29 is 14.3 Å². The highest BCUT2D eigenvalue weighted by Crippen LogP contribution is 2.22. The molecule has 0 saturated heterocycles. The van der Waals surface area contributed by atoms with Crippen LogP contribution in [0.15, 0.2) is 42.6 Å². The number of nitrogens with zero attached hydrogens (tertiary/aromatic N) is 1. The Bertz CT molecular complexity index is 534. The van der Waals surface area contributed by atoms with Crippen LogP contribution in [0.4, 0.5) is 4.39 Å². The summed E-state index contributed by atoms with van der Waals surface area (Å²) in [7, 11) is 0. The molecule has 0 radical (unpaired) electrons. The van der Waals surface area contributed by atoms with Crippen molar-refractivity contribution >= 4 is 5.97 Å². The summed E-state index contributed by atoms with van der Waals surface area (Å²) in [6.45, 7) is 1.83. The molecule has 88 valence electrons. The number of halogens is 1. The summed E-state index contributed by atoms with van der Waals surface area (Å²) in [6, 6.07) is 10.3. The maximum atomic E-state index is 13.3. The first-order valence-corrected chi connectivity index (χ1v) is 5.26. The molecular formula is C13H12FNO2. The Kier molecular flexibility index (Phi) is 2.95. The molecule has 1 aromatic heterocycles. The highest BCUT2D eigenvalue weighted by atomic mass is 19.1. The van der Waals surface area contributed by atoms with Crippen LogP contribution in [0.1, 0.15) is 29.0 Å². The van der Waals surface area contributed by atoms with E-state index in [0.29, 0.717) is 0 Å². The standard InChI is InChI=1S/C13H12FNO2/c1-9(10-5-3-2-4-6-10)15-8-7-11(14)12(15)13(16)17/h2-9H,1H3,(H,16,17)/t9-/m1/s1. The van der Waals surface area contributed by atoms with Crippen molar-refractivity contribution in [3.63, 3.8) is 0 Å². The van der Waals surface area contributed by atoms with Crippen LogP contribution >= 0.6 is 0 Å². The molecule has 0 aliphatic rings. The molecule has 2 rings (SSSR count). The Hall–Kier alpha value is -2.10. The average molecular weight is 233 g/mol. The van der Waals surface area contributed by atoms with E-state index in [1.54, 1.807) is 0 Å². The van der Waals surface area contributed by atoms with E-state index in [0.717, 1.165) is 5.56 Å². The van der Waals surface area contributed by atoms with Gasteiger partial charge in [-0.2, -0.15) is 0 Å². The van der Waals surface area contributed by atoms with Crippen molar-refractivity contribution in [1.82, 2.24) is 4.57 Å². The van der Waals surface area contributed by atoms with Gasteiger partial charge in [-0.25, -0.2) is 9.18 Å². The topological polar surface area (TPSA) is 42.2 Å². The van der Waals surface area contributed by atoms with E-state index in [4.69, 9.17) is 5.11 Å². The monoisotopic (exact) mass is 233 g/mol. The third-order valence-electron chi connectivity index (χ3n) is 2.77. The first-order valence-electron chi connectivity index (χ1n) is 5.26. The van der Waals surface area contributed by atoms with Gasteiger partial charge in [0.05, 0.1) is 6.04 Å². The Morgan fingerprint density at radius 3 is 2.53 bits per heavy atom. The highest BCUT2D eigenvalue weighted by molar-refractivity contribution is 5.86. The van der Waals surface area contributed by atoms with Crippen molar-refractivity contribution in [3.8, 4) is 0 Å². The number of aromatic nitrogens is 1. The molecule has 1 heterocycles. The lowest BCUT2D eigenvalue weighted by Crippen LogP contribution is -2.14. The van der Waals surface area contributed by atoms with Crippen molar-refractivity contribution in [2.75, 3.05) is 0 Å². The zero-order chi connectivity index (χ0) is 12.4. The van der Waals surface area contributed by atoms with Crippen molar-refractivity contribution in [3.05, 3.63) is 59.7 Å². The fourth-order valence-corrected chi connectivity index (χ4v) is 1.85. The summed E-state index contributed by atoms with van der Waals surface area (Å²) in [4.78, 5) is 11.0. The van der Waals surface area contributed by atoms with Crippen LogP contribution in [0.2, 0.25) is 0 Å². The number of carboxylic acid groups (broad SMARTS) is 1. The van der Waals surface area contributed by atoms with E-state index in [-0.39, 0.29) is 11.7 Å². The number of hydrogen-bond acceptors (Lipinski definition) is 1. The van der Waals surface area contributed by atoms with Crippen LogP contribution in [-0.4, -0.2) is 15.6 Å². The van der Waals surface area contributed by atoms with E-state index in [2.05, 4.69) is 0 Å². The highest BCUT2D eigenvalue weighted by Gasteiger charge is 2.20. The molecule has 17 heavy (non-hydrogen) atoms. The summed E-state index contributed by atoms with van der Waals surface area (Å²) in [5.41, 5.74) is 0.631. The van der Waals surface area contributed by atoms with Gasteiger partial charge < -0.3 is 9.67 Å². The van der Waals surface area contributed by atoms with Gasteiger partial charge in [-0.3, -0.25) is 0 Å². The molecule has 1 N–H and O–H groups in total. The predicted molar refractivity (Wildman–Crippen MR) is 61.6 cm³/mol. The number of benzene rings is 1. The predicted octanol–water partition coefficient (Wildman–Crippen LogP) is 2.93. The van der Waals surface area contributed by atoms with Gasteiger partial charge in [0.1, 0.15) is 0 Å². The lowest BCUT2D eigenvalue weighted by atomic mass is 10.1. The molecule has 0 spiro atoms.